The van der Waals surface area contributed by atoms with Gasteiger partial charge in [-0.05, 0) is 49.6 Å². The molecule has 0 saturated carbocycles. The van der Waals surface area contributed by atoms with Crippen molar-refractivity contribution in [1.29, 1.82) is 0 Å². The fourth-order valence-corrected chi connectivity index (χ4v) is 3.09. The van der Waals surface area contributed by atoms with Crippen LogP contribution in [0.15, 0.2) is 34.7 Å². The fourth-order valence-electron chi connectivity index (χ4n) is 2.87. The van der Waals surface area contributed by atoms with E-state index in [1.54, 1.807) is 19.1 Å². The molecule has 0 aliphatic carbocycles. The Morgan fingerprint density at radius 3 is 2.68 bits per heavy atom. The van der Waals surface area contributed by atoms with Crippen LogP contribution in [0.2, 0.25) is 5.02 Å². The summed E-state index contributed by atoms with van der Waals surface area (Å²) in [6.45, 7) is 10.6. The molecule has 28 heavy (non-hydrogen) atoms. The van der Waals surface area contributed by atoms with Crippen molar-refractivity contribution in [1.82, 2.24) is 10.2 Å². The highest BCUT2D eigenvalue weighted by Crippen LogP contribution is 2.34. The average molecular weight is 402 g/mol. The summed E-state index contributed by atoms with van der Waals surface area (Å²) in [7, 11) is 0. The molecular formula is C20H17ClFN3O3. The van der Waals surface area contributed by atoms with E-state index in [4.69, 9.17) is 22.6 Å². The predicted molar refractivity (Wildman–Crippen MR) is 102 cm³/mol. The monoisotopic (exact) mass is 401 g/mol. The topological polar surface area (TPSA) is 83.7 Å². The van der Waals surface area contributed by atoms with Gasteiger partial charge in [-0.15, -0.1) is 10.2 Å². The molecule has 3 rings (SSSR count). The molecule has 144 valence electrons. The van der Waals surface area contributed by atoms with E-state index in [1.807, 2.05) is 6.92 Å². The third-order valence-electron chi connectivity index (χ3n) is 4.57. The number of aliphatic hydroxyl groups excluding tert-OH is 1. The Morgan fingerprint density at radius 2 is 2.04 bits per heavy atom. The number of aliphatic hydroxyl groups is 1. The van der Waals surface area contributed by atoms with Gasteiger partial charge in [0.2, 0.25) is 17.5 Å². The molecule has 3 aromatic rings. The fraction of sp³-hybridized carbons (Fsp3) is 0.250. The van der Waals surface area contributed by atoms with E-state index in [9.17, 15) is 14.6 Å². The summed E-state index contributed by atoms with van der Waals surface area (Å²) in [5.41, 5.74) is 2.34. The second kappa shape index (κ2) is 7.97. The standard InChI is InChI=1S/C20H17ClFN3O3/c1-10-12(5-7-16(23-3)18(10)21)8-14(11(2)26)20-25-24-19(28-20)13-4-6-15(22)17(27)9-13/h4-7,9,11,14,26-27H,8H2,1-2H3/t11-,14?/m1/s1. The maximum absolute atomic E-state index is 13.2. The van der Waals surface area contributed by atoms with Crippen molar-refractivity contribution in [3.63, 3.8) is 0 Å². The number of rotatable bonds is 5. The van der Waals surface area contributed by atoms with Gasteiger partial charge in [0, 0.05) is 5.56 Å². The molecule has 2 aromatic carbocycles. The Bertz CT molecular complexity index is 1060. The molecule has 6 nitrogen and oxygen atoms in total. The number of halogens is 2. The third kappa shape index (κ3) is 3.84. The maximum atomic E-state index is 13.2. The SMILES string of the molecule is [C-]#[N+]c1ccc(CC(c2nnc(-c3ccc(F)c(O)c3)o2)[C@@H](C)O)c(C)c1Cl. The Labute approximate surface area is 166 Å². The number of aromatic nitrogens is 2. The van der Waals surface area contributed by atoms with Gasteiger partial charge in [-0.2, -0.15) is 0 Å². The minimum absolute atomic E-state index is 0.106. The lowest BCUT2D eigenvalue weighted by Crippen LogP contribution is -2.18. The molecule has 2 N–H and O–H groups in total. The Morgan fingerprint density at radius 1 is 1.29 bits per heavy atom. The highest BCUT2D eigenvalue weighted by atomic mass is 35.5. The number of benzene rings is 2. The van der Waals surface area contributed by atoms with Crippen LogP contribution in [0.4, 0.5) is 10.1 Å². The molecule has 0 saturated heterocycles. The second-order valence-corrected chi connectivity index (χ2v) is 6.84. The minimum Gasteiger partial charge on any atom is -0.505 e. The molecular weight excluding hydrogens is 385 g/mol. The molecule has 0 bridgehead atoms. The maximum Gasteiger partial charge on any atom is 0.247 e. The molecule has 8 heteroatoms. The first kappa shape index (κ1) is 19.8. The van der Waals surface area contributed by atoms with Gasteiger partial charge in [0.15, 0.2) is 11.6 Å². The number of aromatic hydroxyl groups is 1. The predicted octanol–water partition coefficient (Wildman–Crippen LogP) is 4.80. The van der Waals surface area contributed by atoms with E-state index in [0.29, 0.717) is 22.7 Å². The van der Waals surface area contributed by atoms with Crippen molar-refractivity contribution in [2.24, 2.45) is 0 Å². The lowest BCUT2D eigenvalue weighted by Gasteiger charge is -2.18. The zero-order valence-electron chi connectivity index (χ0n) is 15.1. The molecule has 0 aliphatic heterocycles. The number of phenolic OH excluding ortho intramolecular Hbond substituents is 1. The van der Waals surface area contributed by atoms with Crippen LogP contribution in [0, 0.1) is 19.3 Å². The summed E-state index contributed by atoms with van der Waals surface area (Å²) in [5, 5.41) is 28.1. The van der Waals surface area contributed by atoms with Crippen molar-refractivity contribution in [3.05, 3.63) is 69.6 Å². The van der Waals surface area contributed by atoms with Gasteiger partial charge in [-0.25, -0.2) is 9.24 Å². The summed E-state index contributed by atoms with van der Waals surface area (Å²) in [6, 6.07) is 7.13. The van der Waals surface area contributed by atoms with Crippen LogP contribution in [-0.4, -0.2) is 26.5 Å². The van der Waals surface area contributed by atoms with Crippen molar-refractivity contribution < 1.29 is 19.0 Å². The van der Waals surface area contributed by atoms with Crippen LogP contribution in [0.1, 0.15) is 29.9 Å². The first-order valence-corrected chi connectivity index (χ1v) is 8.85. The summed E-state index contributed by atoms with van der Waals surface area (Å²) in [4.78, 5) is 3.38. The summed E-state index contributed by atoms with van der Waals surface area (Å²) >= 11 is 6.24. The van der Waals surface area contributed by atoms with Gasteiger partial charge in [-0.1, -0.05) is 23.7 Å². The normalized spacial score (nSPS) is 13.1. The van der Waals surface area contributed by atoms with E-state index >= 15 is 0 Å². The Kier molecular flexibility index (Phi) is 5.63. The quantitative estimate of drug-likeness (QED) is 0.600. The zero-order chi connectivity index (χ0) is 20.4. The van der Waals surface area contributed by atoms with Gasteiger partial charge < -0.3 is 14.6 Å². The van der Waals surface area contributed by atoms with Crippen LogP contribution < -0.4 is 0 Å². The first-order chi connectivity index (χ1) is 13.3. The van der Waals surface area contributed by atoms with Crippen LogP contribution in [0.25, 0.3) is 16.3 Å². The Hall–Kier alpha value is -2.95. The molecule has 1 heterocycles. The molecule has 2 atom stereocenters. The van der Waals surface area contributed by atoms with Crippen LogP contribution in [0.3, 0.4) is 0 Å². The number of hydrogen-bond donors (Lipinski definition) is 2. The van der Waals surface area contributed by atoms with Gasteiger partial charge in [0.05, 0.1) is 23.6 Å². The largest absolute Gasteiger partial charge is 0.505 e. The minimum atomic E-state index is -0.798. The van der Waals surface area contributed by atoms with E-state index in [-0.39, 0.29) is 11.8 Å². The van der Waals surface area contributed by atoms with Crippen LogP contribution >= 0.6 is 11.6 Å². The van der Waals surface area contributed by atoms with E-state index in [2.05, 4.69) is 15.0 Å². The van der Waals surface area contributed by atoms with Gasteiger partial charge >= 0.3 is 0 Å². The van der Waals surface area contributed by atoms with Gasteiger partial charge in [0.25, 0.3) is 0 Å². The van der Waals surface area contributed by atoms with Crippen LogP contribution in [-0.2, 0) is 6.42 Å². The van der Waals surface area contributed by atoms with Crippen molar-refractivity contribution >= 4 is 17.3 Å². The average Bonchev–Trinajstić information content (AvgIpc) is 3.14. The summed E-state index contributed by atoms with van der Waals surface area (Å²) in [5.74, 6) is -1.47. The number of hydrogen-bond acceptors (Lipinski definition) is 5. The number of phenols is 1. The van der Waals surface area contributed by atoms with E-state index in [0.717, 1.165) is 17.2 Å². The second-order valence-electron chi connectivity index (χ2n) is 6.46. The molecule has 0 radical (unpaired) electrons. The molecule has 1 aromatic heterocycles. The van der Waals surface area contributed by atoms with E-state index in [1.165, 1.54) is 12.1 Å². The van der Waals surface area contributed by atoms with Crippen molar-refractivity contribution in [2.45, 2.75) is 32.3 Å². The smallest absolute Gasteiger partial charge is 0.247 e. The zero-order valence-corrected chi connectivity index (χ0v) is 15.9. The van der Waals surface area contributed by atoms with Crippen molar-refractivity contribution in [2.75, 3.05) is 0 Å². The molecule has 0 fully saturated rings. The first-order valence-electron chi connectivity index (χ1n) is 8.47. The molecule has 1 unspecified atom stereocenters. The molecule has 0 aliphatic rings. The molecule has 0 amide bonds. The molecule has 0 spiro atoms. The third-order valence-corrected chi connectivity index (χ3v) is 5.05. The highest BCUT2D eigenvalue weighted by molar-refractivity contribution is 6.34. The van der Waals surface area contributed by atoms with E-state index < -0.39 is 23.6 Å². The van der Waals surface area contributed by atoms with Crippen molar-refractivity contribution in [3.8, 4) is 17.2 Å². The summed E-state index contributed by atoms with van der Waals surface area (Å²) in [6.07, 6.45) is -0.425. The lowest BCUT2D eigenvalue weighted by molar-refractivity contribution is 0.148. The number of nitrogens with zero attached hydrogens (tertiary/aromatic N) is 3. The highest BCUT2D eigenvalue weighted by Gasteiger charge is 2.26. The Balaban J connectivity index is 1.92. The summed E-state index contributed by atoms with van der Waals surface area (Å²) < 4.78 is 18.9. The lowest BCUT2D eigenvalue weighted by atomic mass is 9.92. The van der Waals surface area contributed by atoms with Gasteiger partial charge in [0.1, 0.15) is 0 Å². The van der Waals surface area contributed by atoms with Gasteiger partial charge in [-0.3, -0.25) is 0 Å². The van der Waals surface area contributed by atoms with Crippen LogP contribution in [0.5, 0.6) is 5.75 Å².